The number of carbonyl (C=O) groups excluding carboxylic acids is 2. The highest BCUT2D eigenvalue weighted by atomic mass is 16.5. The molecule has 0 bridgehead atoms. The molecular weight excluding hydrogens is 412 g/mol. The lowest BCUT2D eigenvalue weighted by molar-refractivity contribution is -0.138. The molecule has 174 valence electrons. The molecule has 0 radical (unpaired) electrons. The predicted molar refractivity (Wildman–Crippen MR) is 118 cm³/mol. The Morgan fingerprint density at radius 2 is 1.84 bits per heavy atom. The van der Waals surface area contributed by atoms with Crippen molar-refractivity contribution in [2.45, 2.75) is 37.5 Å². The monoisotopic (exact) mass is 444 g/mol. The average Bonchev–Trinajstić information content (AvgIpc) is 3.08. The first-order valence-electron chi connectivity index (χ1n) is 11.0. The third kappa shape index (κ3) is 3.86. The fraction of sp³-hybridized carbons (Fsp3) is 0.583. The molecule has 8 heteroatoms. The Morgan fingerprint density at radius 3 is 2.50 bits per heavy atom. The molecule has 1 aromatic rings. The van der Waals surface area contributed by atoms with Gasteiger partial charge in [-0.1, -0.05) is 6.07 Å². The van der Waals surface area contributed by atoms with Gasteiger partial charge in [0.1, 0.15) is 6.10 Å². The Morgan fingerprint density at radius 1 is 1.09 bits per heavy atom. The van der Waals surface area contributed by atoms with E-state index in [1.807, 2.05) is 37.2 Å². The number of likely N-dealkylation sites (N-methyl/N-ethyl adjacent to an activating group) is 1. The summed E-state index contributed by atoms with van der Waals surface area (Å²) in [5.74, 6) is 0.899. The second-order valence-electron chi connectivity index (χ2n) is 8.86. The number of nitrogens with zero attached hydrogens (tertiary/aromatic N) is 2. The maximum Gasteiger partial charge on any atom is 0.290 e. The van der Waals surface area contributed by atoms with Crippen LogP contribution < -0.4 is 9.47 Å². The van der Waals surface area contributed by atoms with E-state index >= 15 is 0 Å². The van der Waals surface area contributed by atoms with E-state index in [4.69, 9.17) is 18.9 Å². The molecule has 4 unspecified atom stereocenters. The summed E-state index contributed by atoms with van der Waals surface area (Å²) in [7, 11) is 8.75. The number of methoxy groups -OCH3 is 3. The lowest BCUT2D eigenvalue weighted by Crippen LogP contribution is -2.43. The van der Waals surface area contributed by atoms with Crippen molar-refractivity contribution >= 4 is 11.7 Å². The van der Waals surface area contributed by atoms with Crippen LogP contribution in [0.3, 0.4) is 0 Å². The first kappa shape index (κ1) is 22.6. The molecule has 1 aliphatic carbocycles. The number of hydrogen-bond acceptors (Lipinski definition) is 7. The Hall–Kier alpha value is -2.58. The predicted octanol–water partition coefficient (Wildman–Crippen LogP) is 2.19. The van der Waals surface area contributed by atoms with Gasteiger partial charge in [0.15, 0.2) is 23.0 Å². The van der Waals surface area contributed by atoms with Gasteiger partial charge in [-0.05, 0) is 44.6 Å². The molecule has 0 saturated heterocycles. The van der Waals surface area contributed by atoms with Crippen molar-refractivity contribution in [3.05, 3.63) is 35.1 Å². The molecule has 32 heavy (non-hydrogen) atoms. The van der Waals surface area contributed by atoms with Crippen LogP contribution in [0.25, 0.3) is 0 Å². The van der Waals surface area contributed by atoms with E-state index in [-0.39, 0.29) is 35.6 Å². The first-order valence-corrected chi connectivity index (χ1v) is 11.0. The minimum absolute atomic E-state index is 0.0197. The van der Waals surface area contributed by atoms with Gasteiger partial charge in [0, 0.05) is 26.6 Å². The standard InChI is InChI=1S/C24H32N2O6/c1-25(2)10-11-26-21(14-6-9-17(30-4)19(12-14)31-5)20-22(27)16-8-7-15(29-3)13-18(16)32-23(20)24(26)28/h6,9,12,15-16,18,21H,7-8,10-11,13H2,1-5H3. The maximum atomic E-state index is 13.7. The van der Waals surface area contributed by atoms with Gasteiger partial charge in [0.2, 0.25) is 0 Å². The fourth-order valence-electron chi connectivity index (χ4n) is 5.00. The molecule has 0 spiro atoms. The van der Waals surface area contributed by atoms with Crippen molar-refractivity contribution in [1.82, 2.24) is 9.80 Å². The molecular formula is C24H32N2O6. The van der Waals surface area contributed by atoms with Crippen LogP contribution in [0.5, 0.6) is 11.5 Å². The lowest BCUT2D eigenvalue weighted by atomic mass is 9.76. The van der Waals surface area contributed by atoms with Gasteiger partial charge < -0.3 is 28.7 Å². The van der Waals surface area contributed by atoms with Crippen molar-refractivity contribution in [2.75, 3.05) is 48.5 Å². The number of ketones is 1. The molecule has 2 aliphatic heterocycles. The largest absolute Gasteiger partial charge is 0.493 e. The summed E-state index contributed by atoms with van der Waals surface area (Å²) in [5, 5.41) is 0. The Labute approximate surface area is 189 Å². The third-order valence-corrected chi connectivity index (χ3v) is 6.74. The minimum atomic E-state index is -0.508. The number of amides is 1. The number of hydrogen-bond donors (Lipinski definition) is 0. The molecule has 1 fully saturated rings. The number of benzene rings is 1. The van der Waals surface area contributed by atoms with Crippen LogP contribution in [0.2, 0.25) is 0 Å². The summed E-state index contributed by atoms with van der Waals surface area (Å²) in [6.45, 7) is 1.15. The topological polar surface area (TPSA) is 77.5 Å². The molecule has 0 aromatic heterocycles. The van der Waals surface area contributed by atoms with Crippen LogP contribution in [-0.4, -0.2) is 82.2 Å². The average molecular weight is 445 g/mol. The van der Waals surface area contributed by atoms with E-state index in [2.05, 4.69) is 0 Å². The van der Waals surface area contributed by atoms with Crippen LogP contribution >= 0.6 is 0 Å². The molecule has 1 amide bonds. The maximum absolute atomic E-state index is 13.7. The number of carbonyl (C=O) groups is 2. The zero-order valence-electron chi connectivity index (χ0n) is 19.4. The molecule has 4 atom stereocenters. The summed E-state index contributed by atoms with van der Waals surface area (Å²) in [5.41, 5.74) is 1.28. The van der Waals surface area contributed by atoms with Crippen LogP contribution in [0.4, 0.5) is 0 Å². The van der Waals surface area contributed by atoms with Crippen molar-refractivity contribution in [3.8, 4) is 11.5 Å². The zero-order valence-corrected chi connectivity index (χ0v) is 19.4. The molecule has 1 saturated carbocycles. The molecule has 0 N–H and O–H groups in total. The molecule has 3 aliphatic rings. The quantitative estimate of drug-likeness (QED) is 0.638. The van der Waals surface area contributed by atoms with E-state index in [0.717, 1.165) is 12.0 Å². The summed E-state index contributed by atoms with van der Waals surface area (Å²) in [6, 6.07) is 5.03. The fourth-order valence-corrected chi connectivity index (χ4v) is 5.00. The van der Waals surface area contributed by atoms with Gasteiger partial charge in [-0.2, -0.15) is 0 Å². The minimum Gasteiger partial charge on any atom is -0.493 e. The third-order valence-electron chi connectivity index (χ3n) is 6.74. The molecule has 8 nitrogen and oxygen atoms in total. The second kappa shape index (κ2) is 9.11. The van der Waals surface area contributed by atoms with Gasteiger partial charge >= 0.3 is 0 Å². The van der Waals surface area contributed by atoms with Gasteiger partial charge in [0.05, 0.1) is 37.9 Å². The van der Waals surface area contributed by atoms with Gasteiger partial charge in [-0.3, -0.25) is 9.59 Å². The van der Waals surface area contributed by atoms with Crippen LogP contribution in [0.15, 0.2) is 29.5 Å². The van der Waals surface area contributed by atoms with Crippen molar-refractivity contribution < 1.29 is 28.5 Å². The second-order valence-corrected chi connectivity index (χ2v) is 8.86. The van der Waals surface area contributed by atoms with E-state index < -0.39 is 6.04 Å². The highest BCUT2D eigenvalue weighted by Gasteiger charge is 2.52. The van der Waals surface area contributed by atoms with Gasteiger partial charge in [-0.25, -0.2) is 0 Å². The summed E-state index contributed by atoms with van der Waals surface area (Å²) < 4.78 is 22.6. The molecule has 4 rings (SSSR count). The molecule has 2 heterocycles. The highest BCUT2D eigenvalue weighted by Crippen LogP contribution is 2.47. The number of Topliss-reactive ketones (excluding diaryl/α,β-unsaturated/α-hetero) is 1. The lowest BCUT2D eigenvalue weighted by Gasteiger charge is -2.38. The van der Waals surface area contributed by atoms with Crippen molar-refractivity contribution in [2.24, 2.45) is 5.92 Å². The van der Waals surface area contributed by atoms with Crippen LogP contribution in [-0.2, 0) is 19.1 Å². The van der Waals surface area contributed by atoms with Crippen LogP contribution in [0.1, 0.15) is 30.9 Å². The van der Waals surface area contributed by atoms with Crippen molar-refractivity contribution in [1.29, 1.82) is 0 Å². The van der Waals surface area contributed by atoms with E-state index in [9.17, 15) is 9.59 Å². The van der Waals surface area contributed by atoms with E-state index in [0.29, 0.717) is 43.0 Å². The van der Waals surface area contributed by atoms with Crippen molar-refractivity contribution in [3.63, 3.8) is 0 Å². The van der Waals surface area contributed by atoms with E-state index in [1.54, 1.807) is 26.2 Å². The van der Waals surface area contributed by atoms with Gasteiger partial charge in [-0.15, -0.1) is 0 Å². The highest BCUT2D eigenvalue weighted by molar-refractivity contribution is 6.11. The zero-order chi connectivity index (χ0) is 23.0. The van der Waals surface area contributed by atoms with Gasteiger partial charge in [0.25, 0.3) is 5.91 Å². The summed E-state index contributed by atoms with van der Waals surface area (Å²) >= 11 is 0. The Kier molecular flexibility index (Phi) is 6.44. The first-order chi connectivity index (χ1) is 15.4. The smallest absolute Gasteiger partial charge is 0.290 e. The number of fused-ring (bicyclic) bond motifs is 1. The number of rotatable bonds is 7. The summed E-state index contributed by atoms with van der Waals surface area (Å²) in [4.78, 5) is 30.9. The van der Waals surface area contributed by atoms with E-state index in [1.165, 1.54) is 0 Å². The van der Waals surface area contributed by atoms with Crippen LogP contribution in [0, 0.1) is 5.92 Å². The normalized spacial score (nSPS) is 27.4. The SMILES string of the molecule is COc1ccc(C2C3=C(OC4CC(OC)CCC4C3=O)C(=O)N2CCN(C)C)cc1OC. The Bertz CT molecular complexity index is 927. The summed E-state index contributed by atoms with van der Waals surface area (Å²) in [6.07, 6.45) is 1.87. The number of ether oxygens (including phenoxy) is 4. The molecule has 1 aromatic carbocycles. The Balaban J connectivity index is 1.75.